The molecular weight excluding hydrogens is 270 g/mol. The quantitative estimate of drug-likeness (QED) is 0.501. The second-order valence-electron chi connectivity index (χ2n) is 1.45. The zero-order valence-electron chi connectivity index (χ0n) is 4.29. The van der Waals surface area contributed by atoms with E-state index >= 15 is 0 Å². The van der Waals surface area contributed by atoms with Gasteiger partial charge in [0.2, 0.25) is 0 Å². The molecule has 0 fully saturated rings. The minimum atomic E-state index is 0.583. The first-order valence-corrected chi connectivity index (χ1v) is 4.06. The Morgan fingerprint density at radius 2 is 2.11 bits per heavy atom. The Balaban J connectivity index is 3.25. The van der Waals surface area contributed by atoms with Crippen molar-refractivity contribution in [2.24, 2.45) is 0 Å². The highest BCUT2D eigenvalue weighted by Gasteiger charge is 1.98. The van der Waals surface area contributed by atoms with Crippen LogP contribution in [0.3, 0.4) is 0 Å². The Morgan fingerprint density at radius 1 is 1.44 bits per heavy atom. The molecule has 0 aliphatic carbocycles. The predicted molar refractivity (Wildman–Crippen MR) is 48.0 cm³/mol. The minimum absolute atomic E-state index is 0.583. The van der Waals surface area contributed by atoms with Gasteiger partial charge in [-0.2, -0.15) is 0 Å². The molecule has 0 spiro atoms. The van der Waals surface area contributed by atoms with Crippen molar-refractivity contribution in [2.75, 3.05) is 0 Å². The molecule has 1 radical (unpaired) electrons. The van der Waals surface area contributed by atoms with E-state index in [0.29, 0.717) is 10.0 Å². The highest BCUT2D eigenvalue weighted by Crippen LogP contribution is 2.25. The lowest BCUT2D eigenvalue weighted by molar-refractivity contribution is 1.63. The van der Waals surface area contributed by atoms with Crippen LogP contribution in [0.25, 0.3) is 0 Å². The van der Waals surface area contributed by atoms with Gasteiger partial charge in [0.05, 0.1) is 10.0 Å². The molecule has 0 aromatic heterocycles. The van der Waals surface area contributed by atoms with Crippen molar-refractivity contribution in [3.8, 4) is 0 Å². The fourth-order valence-electron chi connectivity index (χ4n) is 0.429. The van der Waals surface area contributed by atoms with Gasteiger partial charge in [0.25, 0.3) is 0 Å². The largest absolute Gasteiger partial charge is 0.0827 e. The normalized spacial score (nSPS) is 9.67. The average molecular weight is 272 g/mol. The van der Waals surface area contributed by atoms with Gasteiger partial charge in [-0.25, -0.2) is 0 Å². The molecule has 0 saturated heterocycles. The summed E-state index contributed by atoms with van der Waals surface area (Å²) in [5, 5.41) is 1.17. The highest BCUT2D eigenvalue weighted by molar-refractivity contribution is 14.1. The van der Waals surface area contributed by atoms with Crippen LogP contribution in [0.2, 0.25) is 10.0 Å². The smallest absolute Gasteiger partial charge is 0.0731 e. The molecule has 0 bridgehead atoms. The Bertz CT molecular complexity index is 202. The van der Waals surface area contributed by atoms with Crippen molar-refractivity contribution in [3.05, 3.63) is 31.8 Å². The lowest BCUT2D eigenvalue weighted by atomic mass is 10.4. The molecule has 0 saturated carbocycles. The van der Waals surface area contributed by atoms with E-state index in [9.17, 15) is 0 Å². The van der Waals surface area contributed by atoms with Crippen molar-refractivity contribution >= 4 is 45.8 Å². The summed E-state index contributed by atoms with van der Waals surface area (Å²) in [7, 11) is 0. The van der Waals surface area contributed by atoms with Crippen LogP contribution in [0.1, 0.15) is 0 Å². The van der Waals surface area contributed by atoms with E-state index in [0.717, 1.165) is 3.57 Å². The van der Waals surface area contributed by atoms with Gasteiger partial charge in [0.1, 0.15) is 0 Å². The van der Waals surface area contributed by atoms with E-state index in [1.807, 2.05) is 0 Å². The van der Waals surface area contributed by atoms with Crippen LogP contribution < -0.4 is 0 Å². The molecule has 1 aromatic carbocycles. The highest BCUT2D eigenvalue weighted by atomic mass is 127. The lowest BCUT2D eigenvalue weighted by Gasteiger charge is -1.94. The SMILES string of the molecule is Clc1cc[c]c(I)c1Cl. The number of hydrogen-bond donors (Lipinski definition) is 0. The molecule has 47 valence electrons. The number of halogens is 3. The monoisotopic (exact) mass is 271 g/mol. The summed E-state index contributed by atoms with van der Waals surface area (Å²) in [6.07, 6.45) is 0. The van der Waals surface area contributed by atoms with Gasteiger partial charge in [0, 0.05) is 3.57 Å². The topological polar surface area (TPSA) is 0 Å². The Labute approximate surface area is 77.3 Å². The maximum Gasteiger partial charge on any atom is 0.0731 e. The molecule has 0 atom stereocenters. The van der Waals surface area contributed by atoms with Gasteiger partial charge in [-0.15, -0.1) is 0 Å². The van der Waals surface area contributed by atoms with Crippen molar-refractivity contribution in [2.45, 2.75) is 0 Å². The first kappa shape index (κ1) is 7.63. The molecule has 9 heavy (non-hydrogen) atoms. The van der Waals surface area contributed by atoms with Gasteiger partial charge in [-0.3, -0.25) is 0 Å². The van der Waals surface area contributed by atoms with Crippen molar-refractivity contribution in [1.29, 1.82) is 0 Å². The zero-order valence-corrected chi connectivity index (χ0v) is 7.96. The Morgan fingerprint density at radius 3 is 2.56 bits per heavy atom. The van der Waals surface area contributed by atoms with Crippen molar-refractivity contribution in [1.82, 2.24) is 0 Å². The van der Waals surface area contributed by atoms with Crippen LogP contribution in [-0.4, -0.2) is 0 Å². The predicted octanol–water partition coefficient (Wildman–Crippen LogP) is 3.40. The summed E-state index contributed by atoms with van der Waals surface area (Å²) in [5.41, 5.74) is 0. The van der Waals surface area contributed by atoms with Gasteiger partial charge in [-0.1, -0.05) is 29.3 Å². The van der Waals surface area contributed by atoms with Crippen LogP contribution >= 0.6 is 45.8 Å². The second-order valence-corrected chi connectivity index (χ2v) is 3.32. The third-order valence-electron chi connectivity index (χ3n) is 0.842. The maximum absolute atomic E-state index is 5.71. The van der Waals surface area contributed by atoms with Gasteiger partial charge >= 0.3 is 0 Å². The summed E-state index contributed by atoms with van der Waals surface area (Å²) in [5.74, 6) is 0. The molecule has 1 aromatic rings. The number of hydrogen-bond acceptors (Lipinski definition) is 0. The Hall–Kier alpha value is 0.530. The molecule has 0 unspecified atom stereocenters. The third-order valence-corrected chi connectivity index (χ3v) is 2.82. The van der Waals surface area contributed by atoms with E-state index < -0.39 is 0 Å². The van der Waals surface area contributed by atoms with Gasteiger partial charge in [0.15, 0.2) is 0 Å². The van der Waals surface area contributed by atoms with Crippen LogP contribution in [-0.2, 0) is 0 Å². The van der Waals surface area contributed by atoms with Crippen LogP contribution in [0.4, 0.5) is 0 Å². The van der Waals surface area contributed by atoms with E-state index in [-0.39, 0.29) is 0 Å². The second kappa shape index (κ2) is 3.08. The molecule has 3 heteroatoms. The number of benzene rings is 1. The maximum atomic E-state index is 5.71. The minimum Gasteiger partial charge on any atom is -0.0827 e. The summed E-state index contributed by atoms with van der Waals surface area (Å²) in [4.78, 5) is 0. The van der Waals surface area contributed by atoms with Crippen LogP contribution in [0.15, 0.2) is 12.1 Å². The fraction of sp³-hybridized carbons (Fsp3) is 0. The standard InChI is InChI=1S/C6H2Cl2I/c7-4-2-1-3-5(9)6(4)8/h1-2H. The zero-order chi connectivity index (χ0) is 6.85. The van der Waals surface area contributed by atoms with Gasteiger partial charge in [-0.05, 0) is 34.7 Å². The van der Waals surface area contributed by atoms with Gasteiger partial charge < -0.3 is 0 Å². The molecule has 0 aliphatic heterocycles. The first-order valence-electron chi connectivity index (χ1n) is 2.23. The number of rotatable bonds is 0. The molecule has 0 N–H and O–H groups in total. The molecule has 1 rings (SSSR count). The van der Waals surface area contributed by atoms with E-state index in [2.05, 4.69) is 28.7 Å². The lowest BCUT2D eigenvalue weighted by Crippen LogP contribution is -1.73. The van der Waals surface area contributed by atoms with E-state index in [1.165, 1.54) is 0 Å². The third kappa shape index (κ3) is 1.72. The molecule has 0 amide bonds. The molecule has 0 aliphatic rings. The van der Waals surface area contributed by atoms with Crippen LogP contribution in [0.5, 0.6) is 0 Å². The fourth-order valence-corrected chi connectivity index (χ4v) is 1.33. The summed E-state index contributed by atoms with van der Waals surface area (Å²) < 4.78 is 0.863. The van der Waals surface area contributed by atoms with Crippen LogP contribution in [0, 0.1) is 9.64 Å². The molecule has 0 heterocycles. The van der Waals surface area contributed by atoms with E-state index in [4.69, 9.17) is 23.2 Å². The van der Waals surface area contributed by atoms with E-state index in [1.54, 1.807) is 12.1 Å². The molecule has 0 nitrogen and oxygen atoms in total. The Kier molecular flexibility index (Phi) is 2.61. The molecular formula is C6H2Cl2I. The summed E-state index contributed by atoms with van der Waals surface area (Å²) in [6, 6.07) is 6.37. The summed E-state index contributed by atoms with van der Waals surface area (Å²) in [6.45, 7) is 0. The van der Waals surface area contributed by atoms with Crippen molar-refractivity contribution in [3.63, 3.8) is 0 Å². The first-order chi connectivity index (χ1) is 4.22. The average Bonchev–Trinajstić information content (AvgIpc) is 1.83. The van der Waals surface area contributed by atoms with Crippen molar-refractivity contribution < 1.29 is 0 Å². The summed E-state index contributed by atoms with van der Waals surface area (Å²) >= 11 is 13.4.